The number of nitrogens with zero attached hydrogens (tertiary/aromatic N) is 4. The van der Waals surface area contributed by atoms with Gasteiger partial charge >= 0.3 is 0 Å². The van der Waals surface area contributed by atoms with Crippen LogP contribution in [0.4, 0.5) is 0 Å². The third-order valence-electron chi connectivity index (χ3n) is 5.22. The van der Waals surface area contributed by atoms with E-state index in [0.717, 1.165) is 37.1 Å². The number of nitrogens with one attached hydrogen (secondary N) is 2. The zero-order valence-corrected chi connectivity index (χ0v) is 18.8. The number of aryl methyl sites for hydroxylation is 1. The van der Waals surface area contributed by atoms with Crippen molar-refractivity contribution in [2.24, 2.45) is 4.99 Å². The van der Waals surface area contributed by atoms with Crippen molar-refractivity contribution in [3.05, 3.63) is 46.0 Å². The van der Waals surface area contributed by atoms with Gasteiger partial charge in [-0.1, -0.05) is 34.1 Å². The Morgan fingerprint density at radius 3 is 2.81 bits per heavy atom. The van der Waals surface area contributed by atoms with Crippen LogP contribution in [0.15, 0.2) is 33.7 Å². The predicted molar refractivity (Wildman–Crippen MR) is 117 cm³/mol. The lowest BCUT2D eigenvalue weighted by atomic mass is 9.96. The van der Waals surface area contributed by atoms with Gasteiger partial charge in [0.2, 0.25) is 0 Å². The summed E-state index contributed by atoms with van der Waals surface area (Å²) in [6.07, 6.45) is 4.61. The Kier molecular flexibility index (Phi) is 6.21. The van der Waals surface area contributed by atoms with Crippen LogP contribution in [0.25, 0.3) is 0 Å². The number of benzene rings is 1. The van der Waals surface area contributed by atoms with Crippen molar-refractivity contribution in [3.8, 4) is 0 Å². The number of halogens is 2. The lowest BCUT2D eigenvalue weighted by Crippen LogP contribution is -2.41. The fourth-order valence-electron chi connectivity index (χ4n) is 3.56. The van der Waals surface area contributed by atoms with Gasteiger partial charge in [-0.3, -0.25) is 4.99 Å². The average Bonchev–Trinajstić information content (AvgIpc) is 3.09. The minimum atomic E-state index is 0. The van der Waals surface area contributed by atoms with Gasteiger partial charge in [0.15, 0.2) is 11.8 Å². The van der Waals surface area contributed by atoms with Crippen LogP contribution in [-0.4, -0.2) is 34.3 Å². The number of hydrogen-bond acceptors (Lipinski definition) is 3. The average molecular weight is 531 g/mol. The molecule has 8 heteroatoms. The maximum Gasteiger partial charge on any atom is 0.191 e. The van der Waals surface area contributed by atoms with Crippen LogP contribution in [-0.2, 0) is 24.9 Å². The summed E-state index contributed by atoms with van der Waals surface area (Å²) in [5.74, 6) is 2.90. The number of aromatic nitrogens is 3. The summed E-state index contributed by atoms with van der Waals surface area (Å²) in [6.45, 7) is 2.55. The smallest absolute Gasteiger partial charge is 0.191 e. The molecule has 2 heterocycles. The summed E-state index contributed by atoms with van der Waals surface area (Å²) in [5, 5.41) is 15.4. The van der Waals surface area contributed by atoms with Gasteiger partial charge in [0.25, 0.3) is 0 Å². The Bertz CT molecular complexity index is 799. The summed E-state index contributed by atoms with van der Waals surface area (Å²) in [7, 11) is 1.81. The Hall–Kier alpha value is -1.16. The minimum Gasteiger partial charge on any atom is -0.356 e. The Balaban J connectivity index is 0.00000196. The Morgan fingerprint density at radius 1 is 1.27 bits per heavy atom. The lowest BCUT2D eigenvalue weighted by molar-refractivity contribution is 0.630. The molecule has 2 N–H and O–H groups in total. The topological polar surface area (TPSA) is 67.1 Å². The molecular weight excluding hydrogens is 507 g/mol. The molecule has 1 aliphatic carbocycles. The highest BCUT2D eigenvalue weighted by atomic mass is 127. The molecule has 2 aliphatic rings. The monoisotopic (exact) mass is 530 g/mol. The van der Waals surface area contributed by atoms with Crippen molar-refractivity contribution in [1.82, 2.24) is 25.4 Å². The quantitative estimate of drug-likeness (QED) is 0.354. The molecule has 1 saturated carbocycles. The van der Waals surface area contributed by atoms with Gasteiger partial charge < -0.3 is 15.2 Å². The van der Waals surface area contributed by atoms with Crippen molar-refractivity contribution in [2.75, 3.05) is 13.6 Å². The third-order valence-corrected chi connectivity index (χ3v) is 5.91. The number of aliphatic imine (C=N–C) groups is 1. The lowest BCUT2D eigenvalue weighted by Gasteiger charge is -2.20. The van der Waals surface area contributed by atoms with E-state index in [2.05, 4.69) is 70.6 Å². The number of rotatable bonds is 5. The van der Waals surface area contributed by atoms with Crippen molar-refractivity contribution in [2.45, 2.75) is 44.2 Å². The maximum absolute atomic E-state index is 4.35. The molecule has 1 aromatic carbocycles. The first-order valence-electron chi connectivity index (χ1n) is 8.82. The molecule has 4 rings (SSSR count). The van der Waals surface area contributed by atoms with Crippen LogP contribution in [0.5, 0.6) is 0 Å². The van der Waals surface area contributed by atoms with E-state index in [9.17, 15) is 0 Å². The molecule has 6 nitrogen and oxygen atoms in total. The van der Waals surface area contributed by atoms with Gasteiger partial charge in [-0.25, -0.2) is 0 Å². The Morgan fingerprint density at radius 2 is 2.08 bits per heavy atom. The molecule has 1 aromatic heterocycles. The van der Waals surface area contributed by atoms with E-state index in [1.165, 1.54) is 29.3 Å². The van der Waals surface area contributed by atoms with E-state index in [1.54, 1.807) is 0 Å². The van der Waals surface area contributed by atoms with Crippen LogP contribution in [0.2, 0.25) is 0 Å². The molecule has 0 spiro atoms. The standard InChI is InChI=1S/C18H23BrN6.HI/c1-20-17(21-11-16-24-23-15-7-4-10-25(15)16)22-12-18(8-9-18)13-5-2-3-6-14(13)19;/h2-3,5-6H,4,7-12H2,1H3,(H2,20,21,22);1H. The largest absolute Gasteiger partial charge is 0.356 e. The van der Waals surface area contributed by atoms with Crippen molar-refractivity contribution < 1.29 is 0 Å². The second-order valence-corrected chi connectivity index (χ2v) is 7.68. The van der Waals surface area contributed by atoms with Crippen molar-refractivity contribution in [3.63, 3.8) is 0 Å². The summed E-state index contributed by atoms with van der Waals surface area (Å²) < 4.78 is 3.40. The van der Waals surface area contributed by atoms with Crippen molar-refractivity contribution in [1.29, 1.82) is 0 Å². The molecule has 26 heavy (non-hydrogen) atoms. The SMILES string of the molecule is CN=C(NCc1nnc2n1CCC2)NCC1(c2ccccc2Br)CC1.I. The zero-order valence-electron chi connectivity index (χ0n) is 14.8. The van der Waals surface area contributed by atoms with Gasteiger partial charge in [-0.2, -0.15) is 0 Å². The Labute approximate surface area is 179 Å². The van der Waals surface area contributed by atoms with E-state index in [4.69, 9.17) is 0 Å². The second kappa shape index (κ2) is 8.24. The minimum absolute atomic E-state index is 0. The van der Waals surface area contributed by atoms with Crippen LogP contribution in [0.1, 0.15) is 36.5 Å². The number of fused-ring (bicyclic) bond motifs is 1. The van der Waals surface area contributed by atoms with E-state index in [0.29, 0.717) is 6.54 Å². The maximum atomic E-state index is 4.35. The predicted octanol–water partition coefficient (Wildman–Crippen LogP) is 3.00. The molecule has 0 radical (unpaired) electrons. The highest BCUT2D eigenvalue weighted by Gasteiger charge is 2.45. The van der Waals surface area contributed by atoms with E-state index < -0.39 is 0 Å². The highest BCUT2D eigenvalue weighted by Crippen LogP contribution is 2.49. The first kappa shape index (κ1) is 19.6. The number of guanidine groups is 1. The van der Waals surface area contributed by atoms with Crippen LogP contribution in [0, 0.1) is 0 Å². The zero-order chi connectivity index (χ0) is 17.3. The summed E-state index contributed by atoms with van der Waals surface area (Å²) in [4.78, 5) is 4.35. The van der Waals surface area contributed by atoms with Crippen molar-refractivity contribution >= 4 is 45.9 Å². The molecule has 0 atom stereocenters. The molecule has 0 bridgehead atoms. The summed E-state index contributed by atoms with van der Waals surface area (Å²) in [5.41, 5.74) is 1.60. The van der Waals surface area contributed by atoms with Gasteiger partial charge in [-0.05, 0) is 30.9 Å². The normalized spacial score (nSPS) is 17.4. The molecule has 1 aliphatic heterocycles. The third kappa shape index (κ3) is 3.90. The highest BCUT2D eigenvalue weighted by molar-refractivity contribution is 14.0. The van der Waals surface area contributed by atoms with Gasteiger partial charge in [0, 0.05) is 36.4 Å². The first-order valence-corrected chi connectivity index (χ1v) is 9.62. The van der Waals surface area contributed by atoms with Gasteiger partial charge in [-0.15, -0.1) is 34.2 Å². The summed E-state index contributed by atoms with van der Waals surface area (Å²) in [6, 6.07) is 8.51. The fourth-order valence-corrected chi connectivity index (χ4v) is 4.27. The second-order valence-electron chi connectivity index (χ2n) is 6.83. The molecule has 0 saturated heterocycles. The fraction of sp³-hybridized carbons (Fsp3) is 0.500. The first-order chi connectivity index (χ1) is 12.2. The van der Waals surface area contributed by atoms with Gasteiger partial charge in [0.1, 0.15) is 5.82 Å². The van der Waals surface area contributed by atoms with Crippen LogP contribution < -0.4 is 10.6 Å². The molecular formula is C18H24BrIN6. The summed E-state index contributed by atoms with van der Waals surface area (Å²) >= 11 is 3.69. The molecule has 140 valence electrons. The van der Waals surface area contributed by atoms with E-state index in [1.807, 2.05) is 7.05 Å². The molecule has 1 fully saturated rings. The van der Waals surface area contributed by atoms with Crippen LogP contribution >= 0.6 is 39.9 Å². The van der Waals surface area contributed by atoms with Gasteiger partial charge in [0.05, 0.1) is 6.54 Å². The van der Waals surface area contributed by atoms with Crippen LogP contribution in [0.3, 0.4) is 0 Å². The van der Waals surface area contributed by atoms with E-state index >= 15 is 0 Å². The molecule has 0 unspecified atom stereocenters. The molecule has 2 aromatic rings. The molecule has 0 amide bonds. The van der Waals surface area contributed by atoms with E-state index in [-0.39, 0.29) is 29.4 Å². The number of hydrogen-bond donors (Lipinski definition) is 2.